The highest BCUT2D eigenvalue weighted by Gasteiger charge is 2.59. The second-order valence-electron chi connectivity index (χ2n) is 7.22. The Kier molecular flexibility index (Phi) is 7.68. The largest absolute Gasteiger partial charge is 0.439 e. The normalized spacial score (nSPS) is 21.5. The zero-order valence-corrected chi connectivity index (χ0v) is 15.7. The van der Waals surface area contributed by atoms with Gasteiger partial charge in [-0.05, 0) is 55.9 Å². The first-order valence-corrected chi connectivity index (χ1v) is 9.51. The molecule has 0 N–H and O–H groups in total. The highest BCUT2D eigenvalue weighted by Crippen LogP contribution is 2.36. The topological polar surface area (TPSA) is 9.23 Å². The van der Waals surface area contributed by atoms with E-state index in [4.69, 9.17) is 0 Å². The summed E-state index contributed by atoms with van der Waals surface area (Å²) in [5.74, 6) is 6.64. The molecule has 0 spiro atoms. The van der Waals surface area contributed by atoms with E-state index in [0.29, 0.717) is 5.56 Å². The lowest BCUT2D eigenvalue weighted by Crippen LogP contribution is -2.45. The van der Waals surface area contributed by atoms with Gasteiger partial charge in [-0.1, -0.05) is 38.0 Å². The van der Waals surface area contributed by atoms with Gasteiger partial charge >= 0.3 is 12.3 Å². The summed E-state index contributed by atoms with van der Waals surface area (Å²) in [6, 6.07) is 4.85. The molecule has 28 heavy (non-hydrogen) atoms. The molecule has 0 heterocycles. The predicted molar refractivity (Wildman–Crippen MR) is 94.8 cm³/mol. The molecule has 156 valence electrons. The summed E-state index contributed by atoms with van der Waals surface area (Å²) in [6.07, 6.45) is -7.01. The summed E-state index contributed by atoms with van der Waals surface area (Å²) >= 11 is 0. The van der Waals surface area contributed by atoms with Crippen LogP contribution in [0.4, 0.5) is 26.3 Å². The van der Waals surface area contributed by atoms with Crippen LogP contribution in [0, 0.1) is 23.7 Å². The van der Waals surface area contributed by atoms with E-state index in [1.54, 1.807) is 0 Å². The molecule has 1 nitrogen and oxygen atoms in total. The van der Waals surface area contributed by atoms with Gasteiger partial charge < -0.3 is 4.74 Å². The first kappa shape index (κ1) is 22.4. The van der Waals surface area contributed by atoms with Gasteiger partial charge in [0.25, 0.3) is 6.17 Å². The number of alkyl halides is 6. The van der Waals surface area contributed by atoms with Crippen molar-refractivity contribution in [2.75, 3.05) is 0 Å². The SMILES string of the molecule is CCCCC1CCC(C#Cc2ccc(OC(F)(F)C(F)C(F)(F)F)cc2)CC1. The summed E-state index contributed by atoms with van der Waals surface area (Å²) in [4.78, 5) is 0. The number of halogens is 6. The average molecular weight is 406 g/mol. The molecule has 0 aromatic heterocycles. The molecule has 0 radical (unpaired) electrons. The molecule has 1 atom stereocenters. The van der Waals surface area contributed by atoms with Crippen molar-refractivity contribution in [3.05, 3.63) is 29.8 Å². The summed E-state index contributed by atoms with van der Waals surface area (Å²) in [5.41, 5.74) is 0.538. The Morgan fingerprint density at radius 3 is 2.18 bits per heavy atom. The number of unbranched alkanes of at least 4 members (excludes halogenated alkanes) is 1. The smallest absolute Gasteiger partial charge is 0.430 e. The molecule has 1 aliphatic rings. The van der Waals surface area contributed by atoms with Gasteiger partial charge in [0.05, 0.1) is 0 Å². The maximum absolute atomic E-state index is 13.3. The molecule has 1 saturated carbocycles. The molecule has 0 bridgehead atoms. The Labute approximate surface area is 161 Å². The zero-order chi connectivity index (χ0) is 20.8. The third-order valence-corrected chi connectivity index (χ3v) is 4.92. The van der Waals surface area contributed by atoms with E-state index >= 15 is 0 Å². The molecule has 1 aromatic rings. The van der Waals surface area contributed by atoms with Crippen LogP contribution in [0.2, 0.25) is 0 Å². The van der Waals surface area contributed by atoms with E-state index in [1.807, 2.05) is 0 Å². The Morgan fingerprint density at radius 2 is 1.64 bits per heavy atom. The van der Waals surface area contributed by atoms with Crippen molar-refractivity contribution in [3.63, 3.8) is 0 Å². The van der Waals surface area contributed by atoms with Crippen LogP contribution < -0.4 is 4.74 Å². The molecule has 7 heteroatoms. The Morgan fingerprint density at radius 1 is 1.04 bits per heavy atom. The number of ether oxygens (including phenoxy) is 1. The lowest BCUT2D eigenvalue weighted by Gasteiger charge is -2.25. The second kappa shape index (κ2) is 9.58. The number of rotatable bonds is 6. The minimum absolute atomic E-state index is 0.289. The van der Waals surface area contributed by atoms with Gasteiger partial charge in [0.15, 0.2) is 0 Å². The second-order valence-corrected chi connectivity index (χ2v) is 7.22. The molecule has 1 aromatic carbocycles. The minimum atomic E-state index is -5.70. The highest BCUT2D eigenvalue weighted by atomic mass is 19.4. The van der Waals surface area contributed by atoms with Crippen molar-refractivity contribution >= 4 is 0 Å². The van der Waals surface area contributed by atoms with Crippen molar-refractivity contribution in [3.8, 4) is 17.6 Å². The van der Waals surface area contributed by atoms with E-state index in [0.717, 1.165) is 43.7 Å². The summed E-state index contributed by atoms with van der Waals surface area (Å²) in [5, 5.41) is 0. The highest BCUT2D eigenvalue weighted by molar-refractivity contribution is 5.38. The first-order valence-electron chi connectivity index (χ1n) is 9.51. The maximum atomic E-state index is 13.3. The first-order chi connectivity index (χ1) is 13.1. The quantitative estimate of drug-likeness (QED) is 0.369. The van der Waals surface area contributed by atoms with E-state index in [9.17, 15) is 26.3 Å². The van der Waals surface area contributed by atoms with Crippen LogP contribution in [-0.2, 0) is 0 Å². The van der Waals surface area contributed by atoms with Gasteiger partial charge in [-0.25, -0.2) is 4.39 Å². The van der Waals surface area contributed by atoms with E-state index in [1.165, 1.54) is 31.4 Å². The van der Waals surface area contributed by atoms with Crippen LogP contribution in [0.1, 0.15) is 57.4 Å². The fourth-order valence-electron chi connectivity index (χ4n) is 3.28. The van der Waals surface area contributed by atoms with Crippen LogP contribution in [-0.4, -0.2) is 18.5 Å². The minimum Gasteiger partial charge on any atom is -0.430 e. The molecule has 2 rings (SSSR count). The number of hydrogen-bond acceptors (Lipinski definition) is 1. The third-order valence-electron chi connectivity index (χ3n) is 4.92. The molecule has 1 fully saturated rings. The van der Waals surface area contributed by atoms with Crippen LogP contribution >= 0.6 is 0 Å². The van der Waals surface area contributed by atoms with Gasteiger partial charge in [-0.3, -0.25) is 0 Å². The summed E-state index contributed by atoms with van der Waals surface area (Å²) < 4.78 is 79.6. The Hall–Kier alpha value is -1.84. The van der Waals surface area contributed by atoms with Crippen molar-refractivity contribution in [1.82, 2.24) is 0 Å². The van der Waals surface area contributed by atoms with Crippen molar-refractivity contribution in [2.24, 2.45) is 11.8 Å². The fourth-order valence-corrected chi connectivity index (χ4v) is 3.28. The fraction of sp³-hybridized carbons (Fsp3) is 0.619. The molecule has 0 saturated heterocycles. The zero-order valence-electron chi connectivity index (χ0n) is 15.7. The van der Waals surface area contributed by atoms with E-state index in [-0.39, 0.29) is 5.92 Å². The van der Waals surface area contributed by atoms with Crippen LogP contribution in [0.25, 0.3) is 0 Å². The van der Waals surface area contributed by atoms with Crippen LogP contribution in [0.3, 0.4) is 0 Å². The van der Waals surface area contributed by atoms with Gasteiger partial charge in [0.1, 0.15) is 5.75 Å². The van der Waals surface area contributed by atoms with E-state index in [2.05, 4.69) is 23.5 Å². The summed E-state index contributed by atoms with van der Waals surface area (Å²) in [7, 11) is 0. The van der Waals surface area contributed by atoms with Gasteiger partial charge in [-0.2, -0.15) is 22.0 Å². The lowest BCUT2D eigenvalue weighted by atomic mass is 9.80. The third kappa shape index (κ3) is 6.65. The molecular formula is C21H24F6O. The standard InChI is InChI=1S/C21H24F6O/c1-2-3-4-15-5-7-16(8-6-15)9-10-17-11-13-18(14-12-17)28-21(26,27)19(22)20(23,24)25/h11-16,19H,2-8H2,1H3. The van der Waals surface area contributed by atoms with Crippen LogP contribution in [0.15, 0.2) is 24.3 Å². The van der Waals surface area contributed by atoms with Crippen molar-refractivity contribution in [1.29, 1.82) is 0 Å². The monoisotopic (exact) mass is 406 g/mol. The maximum Gasteiger partial charge on any atom is 0.439 e. The molecular weight excluding hydrogens is 382 g/mol. The Bertz CT molecular complexity index is 663. The Balaban J connectivity index is 1.89. The van der Waals surface area contributed by atoms with Crippen molar-refractivity contribution in [2.45, 2.75) is 70.3 Å². The number of hydrogen-bond donors (Lipinski definition) is 0. The molecule has 1 unspecified atom stereocenters. The number of benzene rings is 1. The van der Waals surface area contributed by atoms with E-state index < -0.39 is 24.2 Å². The lowest BCUT2D eigenvalue weighted by molar-refractivity contribution is -0.304. The van der Waals surface area contributed by atoms with Crippen LogP contribution in [0.5, 0.6) is 5.75 Å². The summed E-state index contributed by atoms with van der Waals surface area (Å²) in [6.45, 7) is 2.18. The average Bonchev–Trinajstić information content (AvgIpc) is 2.65. The van der Waals surface area contributed by atoms with Gasteiger partial charge in [-0.15, -0.1) is 0 Å². The molecule has 1 aliphatic carbocycles. The van der Waals surface area contributed by atoms with Crippen molar-refractivity contribution < 1.29 is 31.1 Å². The van der Waals surface area contributed by atoms with Gasteiger partial charge in [0.2, 0.25) is 0 Å². The molecule has 0 amide bonds. The predicted octanol–water partition coefficient (Wildman–Crippen LogP) is 6.91. The van der Waals surface area contributed by atoms with Gasteiger partial charge in [0, 0.05) is 11.5 Å². The molecule has 0 aliphatic heterocycles.